The van der Waals surface area contributed by atoms with Crippen LogP contribution in [0.4, 0.5) is 0 Å². The predicted molar refractivity (Wildman–Crippen MR) is 126 cm³/mol. The standard InChI is InChI=1S/C25H33N5O2/c26-24(27)21-13-12-17(19-9-4-5-10-20(19)21)15-29-25(32)22-11-6-14-30(22)23(31)16-28-18-7-2-1-3-8-18/h4-5,9-10,12-13,18,22,28H,1-3,6-8,11,14-16H2,(H3,26,27)(H,29,32)/t22-/m0/s1. The first-order valence-electron chi connectivity index (χ1n) is 11.7. The number of rotatable bonds is 7. The number of nitrogens with two attached hydrogens (primary N) is 1. The van der Waals surface area contributed by atoms with Crippen LogP contribution in [0.25, 0.3) is 10.8 Å². The zero-order valence-electron chi connectivity index (χ0n) is 18.5. The van der Waals surface area contributed by atoms with Gasteiger partial charge in [0.15, 0.2) is 0 Å². The van der Waals surface area contributed by atoms with Crippen LogP contribution < -0.4 is 16.4 Å². The zero-order valence-corrected chi connectivity index (χ0v) is 18.5. The van der Waals surface area contributed by atoms with E-state index in [1.165, 1.54) is 19.3 Å². The Labute approximate surface area is 189 Å². The second-order valence-corrected chi connectivity index (χ2v) is 8.91. The second-order valence-electron chi connectivity index (χ2n) is 8.91. The van der Waals surface area contributed by atoms with Gasteiger partial charge in [0.05, 0.1) is 6.54 Å². The maximum Gasteiger partial charge on any atom is 0.243 e. The molecule has 1 saturated carbocycles. The Kier molecular flexibility index (Phi) is 7.05. The lowest BCUT2D eigenvalue weighted by atomic mass is 9.95. The van der Waals surface area contributed by atoms with Crippen molar-refractivity contribution in [3.05, 3.63) is 47.5 Å². The van der Waals surface area contributed by atoms with Gasteiger partial charge >= 0.3 is 0 Å². The molecule has 1 aliphatic carbocycles. The third-order valence-electron chi connectivity index (χ3n) is 6.78. The molecule has 32 heavy (non-hydrogen) atoms. The van der Waals surface area contributed by atoms with E-state index in [0.29, 0.717) is 37.7 Å². The molecule has 2 aromatic carbocycles. The first-order chi connectivity index (χ1) is 15.5. The van der Waals surface area contributed by atoms with E-state index in [-0.39, 0.29) is 17.6 Å². The highest BCUT2D eigenvalue weighted by molar-refractivity contribution is 6.08. The fourth-order valence-corrected chi connectivity index (χ4v) is 5.03. The van der Waals surface area contributed by atoms with Gasteiger partial charge in [0.25, 0.3) is 0 Å². The van der Waals surface area contributed by atoms with Gasteiger partial charge in [-0.05, 0) is 42.0 Å². The van der Waals surface area contributed by atoms with Crippen LogP contribution in [0.1, 0.15) is 56.1 Å². The highest BCUT2D eigenvalue weighted by atomic mass is 16.2. The number of likely N-dealkylation sites (tertiary alicyclic amines) is 1. The number of hydrogen-bond acceptors (Lipinski definition) is 4. The van der Waals surface area contributed by atoms with Crippen LogP contribution in [-0.2, 0) is 16.1 Å². The van der Waals surface area contributed by atoms with Crippen LogP contribution in [0.2, 0.25) is 0 Å². The maximum atomic E-state index is 13.0. The Balaban J connectivity index is 1.37. The molecule has 7 heteroatoms. The Morgan fingerprint density at radius 3 is 2.50 bits per heavy atom. The average Bonchev–Trinajstić information content (AvgIpc) is 3.31. The van der Waals surface area contributed by atoms with Gasteiger partial charge in [0.1, 0.15) is 11.9 Å². The van der Waals surface area contributed by atoms with Gasteiger partial charge in [-0.1, -0.05) is 55.7 Å². The molecule has 0 aromatic heterocycles. The number of nitrogen functional groups attached to an aromatic ring is 1. The van der Waals surface area contributed by atoms with Crippen molar-refractivity contribution < 1.29 is 9.59 Å². The van der Waals surface area contributed by atoms with Gasteiger partial charge in [-0.25, -0.2) is 0 Å². The highest BCUT2D eigenvalue weighted by Gasteiger charge is 2.34. The molecule has 170 valence electrons. The normalized spacial score (nSPS) is 19.2. The molecule has 0 bridgehead atoms. The van der Waals surface area contributed by atoms with Crippen LogP contribution in [0.3, 0.4) is 0 Å². The number of nitrogens with zero attached hydrogens (tertiary/aromatic N) is 1. The molecule has 5 N–H and O–H groups in total. The Morgan fingerprint density at radius 2 is 1.75 bits per heavy atom. The number of nitrogens with one attached hydrogen (secondary N) is 3. The fourth-order valence-electron chi connectivity index (χ4n) is 5.03. The molecular weight excluding hydrogens is 402 g/mol. The molecule has 4 rings (SSSR count). The van der Waals surface area contributed by atoms with Crippen molar-refractivity contribution in [2.45, 2.75) is 63.6 Å². The lowest BCUT2D eigenvalue weighted by molar-refractivity contribution is -0.137. The maximum absolute atomic E-state index is 13.0. The van der Waals surface area contributed by atoms with Crippen molar-refractivity contribution in [2.75, 3.05) is 13.1 Å². The van der Waals surface area contributed by atoms with Crippen molar-refractivity contribution >= 4 is 28.4 Å². The van der Waals surface area contributed by atoms with Gasteiger partial charge in [-0.15, -0.1) is 0 Å². The van der Waals surface area contributed by atoms with Crippen molar-refractivity contribution in [2.24, 2.45) is 5.73 Å². The summed E-state index contributed by atoms with van der Waals surface area (Å²) in [4.78, 5) is 27.5. The van der Waals surface area contributed by atoms with Crippen LogP contribution in [-0.4, -0.2) is 47.7 Å². The third kappa shape index (κ3) is 4.93. The van der Waals surface area contributed by atoms with Gasteiger partial charge < -0.3 is 21.3 Å². The molecule has 2 amide bonds. The minimum absolute atomic E-state index is 0.0180. The molecule has 7 nitrogen and oxygen atoms in total. The number of fused-ring (bicyclic) bond motifs is 1. The second kappa shape index (κ2) is 10.1. The minimum Gasteiger partial charge on any atom is -0.384 e. The summed E-state index contributed by atoms with van der Waals surface area (Å²) in [5.41, 5.74) is 7.38. The number of hydrogen-bond donors (Lipinski definition) is 4. The summed E-state index contributed by atoms with van der Waals surface area (Å²) in [6.45, 7) is 1.32. The summed E-state index contributed by atoms with van der Waals surface area (Å²) in [5.74, 6) is -0.0588. The zero-order chi connectivity index (χ0) is 22.5. The van der Waals surface area contributed by atoms with Crippen LogP contribution in [0.15, 0.2) is 36.4 Å². The monoisotopic (exact) mass is 435 g/mol. The van der Waals surface area contributed by atoms with E-state index in [4.69, 9.17) is 11.1 Å². The van der Waals surface area contributed by atoms with E-state index in [1.54, 1.807) is 4.90 Å². The summed E-state index contributed by atoms with van der Waals surface area (Å²) in [5, 5.41) is 16.1. The van der Waals surface area contributed by atoms with Crippen molar-refractivity contribution in [1.29, 1.82) is 5.41 Å². The van der Waals surface area contributed by atoms with Gasteiger partial charge in [-0.2, -0.15) is 0 Å². The van der Waals surface area contributed by atoms with Crippen LogP contribution in [0.5, 0.6) is 0 Å². The SMILES string of the molecule is N=C(N)c1ccc(CNC(=O)[C@@H]2CCCN2C(=O)CNC2CCCCC2)c2ccccc12. The smallest absolute Gasteiger partial charge is 0.243 e. The lowest BCUT2D eigenvalue weighted by Gasteiger charge is -2.27. The molecule has 0 radical (unpaired) electrons. The van der Waals surface area contributed by atoms with Crippen LogP contribution >= 0.6 is 0 Å². The molecule has 2 aromatic rings. The first kappa shape index (κ1) is 22.3. The average molecular weight is 436 g/mol. The lowest BCUT2D eigenvalue weighted by Crippen LogP contribution is -2.49. The molecule has 0 spiro atoms. The van der Waals surface area contributed by atoms with Crippen molar-refractivity contribution in [1.82, 2.24) is 15.5 Å². The number of carbonyl (C=O) groups excluding carboxylic acids is 2. The quantitative estimate of drug-likeness (QED) is 0.396. The Morgan fingerprint density at radius 1 is 1.00 bits per heavy atom. The summed E-state index contributed by atoms with van der Waals surface area (Å²) in [6, 6.07) is 11.5. The number of amides is 2. The molecule has 0 unspecified atom stereocenters. The van der Waals surface area contributed by atoms with E-state index >= 15 is 0 Å². The van der Waals surface area contributed by atoms with Gasteiger partial charge in [-0.3, -0.25) is 15.0 Å². The minimum atomic E-state index is -0.404. The molecular formula is C25H33N5O2. The molecule has 1 saturated heterocycles. The summed E-state index contributed by atoms with van der Waals surface area (Å²) < 4.78 is 0. The summed E-state index contributed by atoms with van der Waals surface area (Å²) in [6.07, 6.45) is 7.55. The summed E-state index contributed by atoms with van der Waals surface area (Å²) >= 11 is 0. The Hall–Kier alpha value is -2.93. The van der Waals surface area contributed by atoms with E-state index in [2.05, 4.69) is 10.6 Å². The van der Waals surface area contributed by atoms with Crippen molar-refractivity contribution in [3.8, 4) is 0 Å². The number of amidine groups is 1. The van der Waals surface area contributed by atoms with Gasteiger partial charge in [0, 0.05) is 24.7 Å². The first-order valence-corrected chi connectivity index (χ1v) is 11.7. The molecule has 1 heterocycles. The molecule has 2 fully saturated rings. The molecule has 1 aliphatic heterocycles. The van der Waals surface area contributed by atoms with E-state index in [9.17, 15) is 9.59 Å². The fraction of sp³-hybridized carbons (Fsp3) is 0.480. The van der Waals surface area contributed by atoms with Gasteiger partial charge in [0.2, 0.25) is 11.8 Å². The number of carbonyl (C=O) groups is 2. The molecule has 1 atom stereocenters. The van der Waals surface area contributed by atoms with E-state index in [1.807, 2.05) is 36.4 Å². The van der Waals surface area contributed by atoms with E-state index < -0.39 is 6.04 Å². The highest BCUT2D eigenvalue weighted by Crippen LogP contribution is 2.24. The Bertz CT molecular complexity index is 999. The topological polar surface area (TPSA) is 111 Å². The molecule has 2 aliphatic rings. The van der Waals surface area contributed by atoms with E-state index in [0.717, 1.165) is 35.6 Å². The largest absolute Gasteiger partial charge is 0.384 e. The summed E-state index contributed by atoms with van der Waals surface area (Å²) in [7, 11) is 0. The number of benzene rings is 2. The third-order valence-corrected chi connectivity index (χ3v) is 6.78. The predicted octanol–water partition coefficient (Wildman–Crippen LogP) is 2.65. The van der Waals surface area contributed by atoms with Crippen LogP contribution in [0, 0.1) is 5.41 Å². The van der Waals surface area contributed by atoms with Crippen molar-refractivity contribution in [3.63, 3.8) is 0 Å².